The van der Waals surface area contributed by atoms with E-state index in [1.807, 2.05) is 13.0 Å². The van der Waals surface area contributed by atoms with Gasteiger partial charge >= 0.3 is 12.1 Å². The molecule has 2 aromatic carbocycles. The normalized spacial score (nSPS) is 27.7. The Morgan fingerprint density at radius 1 is 1.17 bits per heavy atom. The molecule has 58 heavy (non-hydrogen) atoms. The van der Waals surface area contributed by atoms with E-state index in [-0.39, 0.29) is 17.0 Å². The van der Waals surface area contributed by atoms with E-state index in [1.54, 1.807) is 56.3 Å². The molecule has 4 bridgehead atoms. The molecular formula is C42H52ClN5O10. The summed E-state index contributed by atoms with van der Waals surface area (Å²) in [6, 6.07) is 8.93. The lowest BCUT2D eigenvalue weighted by Gasteiger charge is -2.43. The zero-order valence-corrected chi connectivity index (χ0v) is 34.6. The SMILES string of the molecule is COc1cc2cc(c1Cl)N(C)C(=O)C[C@H](OC(=O)[C@H](C)N(C)C(=O)c1ccc(N)c3cccnc13)[C@@H](C)[C@@H](O)[C@H](C)[C@@H]1C[C@@](O)(NC(=O)O1)[C@H](OC)/C=C/C=C(\C)C2. The van der Waals surface area contributed by atoms with Crippen LogP contribution in [0, 0.1) is 11.8 Å². The van der Waals surface area contributed by atoms with Gasteiger partial charge in [-0.05, 0) is 62.2 Å². The van der Waals surface area contributed by atoms with Crippen LogP contribution < -0.4 is 20.7 Å². The number of benzene rings is 2. The molecule has 0 aliphatic carbocycles. The second-order valence-electron chi connectivity index (χ2n) is 15.1. The van der Waals surface area contributed by atoms with Crippen molar-refractivity contribution in [2.75, 3.05) is 38.9 Å². The maximum absolute atomic E-state index is 14.2. The third-order valence-electron chi connectivity index (χ3n) is 11.2. The Morgan fingerprint density at radius 3 is 2.59 bits per heavy atom. The first-order chi connectivity index (χ1) is 27.4. The fourth-order valence-corrected chi connectivity index (χ4v) is 7.64. The molecule has 0 unspecified atom stereocenters. The van der Waals surface area contributed by atoms with Crippen molar-refractivity contribution in [1.82, 2.24) is 15.2 Å². The summed E-state index contributed by atoms with van der Waals surface area (Å²) < 4.78 is 22.8. The Morgan fingerprint density at radius 2 is 1.90 bits per heavy atom. The summed E-state index contributed by atoms with van der Waals surface area (Å²) in [6.07, 6.45) is 0.911. The highest BCUT2D eigenvalue weighted by Gasteiger charge is 2.48. The van der Waals surface area contributed by atoms with Crippen LogP contribution in [0.2, 0.25) is 5.02 Å². The number of anilines is 2. The molecule has 1 fully saturated rings. The molecule has 0 radical (unpaired) electrons. The first kappa shape index (κ1) is 43.9. The summed E-state index contributed by atoms with van der Waals surface area (Å²) in [5.74, 6) is -3.37. The highest BCUT2D eigenvalue weighted by molar-refractivity contribution is 6.35. The fourth-order valence-electron chi connectivity index (χ4n) is 7.33. The molecule has 1 saturated heterocycles. The molecule has 312 valence electrons. The van der Waals surface area contributed by atoms with Crippen LogP contribution in [-0.4, -0.2) is 108 Å². The number of nitrogens with one attached hydrogen (secondary N) is 1. The van der Waals surface area contributed by atoms with Gasteiger partial charge in [-0.15, -0.1) is 0 Å². The number of nitrogens with zero attached hydrogens (tertiary/aromatic N) is 3. The van der Waals surface area contributed by atoms with Crippen molar-refractivity contribution in [2.45, 2.75) is 83.1 Å². The molecule has 3 aromatic rings. The quantitative estimate of drug-likeness (QED) is 0.196. The van der Waals surface area contributed by atoms with Gasteiger partial charge in [0.15, 0.2) is 5.72 Å². The van der Waals surface area contributed by atoms with Crippen LogP contribution in [0.5, 0.6) is 5.75 Å². The van der Waals surface area contributed by atoms with Gasteiger partial charge in [-0.3, -0.25) is 19.9 Å². The minimum atomic E-state index is -1.92. The Hall–Kier alpha value is -5.22. The molecular weight excluding hydrogens is 770 g/mol. The van der Waals surface area contributed by atoms with Gasteiger partial charge < -0.3 is 44.7 Å². The van der Waals surface area contributed by atoms with Crippen LogP contribution in [0.15, 0.2) is 66.4 Å². The number of alkyl carbamates (subject to hydrolysis) is 1. The summed E-state index contributed by atoms with van der Waals surface area (Å²) in [4.78, 5) is 61.8. The van der Waals surface area contributed by atoms with Gasteiger partial charge in [-0.2, -0.15) is 0 Å². The van der Waals surface area contributed by atoms with Gasteiger partial charge in [0.05, 0.1) is 36.4 Å². The van der Waals surface area contributed by atoms with E-state index in [9.17, 15) is 29.4 Å². The van der Waals surface area contributed by atoms with Crippen LogP contribution in [0.3, 0.4) is 0 Å². The number of carbonyl (C=O) groups excluding carboxylic acids is 4. The van der Waals surface area contributed by atoms with Crippen molar-refractivity contribution in [1.29, 1.82) is 0 Å². The zero-order chi connectivity index (χ0) is 42.6. The van der Waals surface area contributed by atoms with Crippen molar-refractivity contribution in [3.8, 4) is 5.75 Å². The van der Waals surface area contributed by atoms with E-state index < -0.39 is 78.3 Å². The number of halogens is 1. The number of aliphatic hydroxyl groups is 2. The number of nitrogens with two attached hydrogens (primary N) is 1. The minimum absolute atomic E-state index is 0.176. The third-order valence-corrected chi connectivity index (χ3v) is 11.5. The number of ether oxygens (including phenoxy) is 4. The topological polar surface area (TPSA) is 203 Å². The third kappa shape index (κ3) is 9.23. The highest BCUT2D eigenvalue weighted by atomic mass is 35.5. The Bertz CT molecular complexity index is 2110. The van der Waals surface area contributed by atoms with E-state index >= 15 is 0 Å². The summed E-state index contributed by atoms with van der Waals surface area (Å²) >= 11 is 6.77. The molecule has 15 nitrogen and oxygen atoms in total. The van der Waals surface area contributed by atoms with Crippen LogP contribution in [0.25, 0.3) is 10.9 Å². The second kappa shape index (κ2) is 18.1. The molecule has 5 N–H and O–H groups in total. The number of hydrogen-bond acceptors (Lipinski definition) is 12. The molecule has 8 atom stereocenters. The molecule has 3 amide bonds. The number of esters is 1. The minimum Gasteiger partial charge on any atom is -0.495 e. The van der Waals surface area contributed by atoms with Gasteiger partial charge in [0.25, 0.3) is 5.91 Å². The summed E-state index contributed by atoms with van der Waals surface area (Å²) in [6.45, 7) is 6.61. The number of aromatic nitrogens is 1. The molecule has 3 heterocycles. The lowest BCUT2D eigenvalue weighted by atomic mass is 9.81. The van der Waals surface area contributed by atoms with Gasteiger partial charge in [0.1, 0.15) is 35.1 Å². The molecule has 16 heteroatoms. The molecule has 2 aliphatic heterocycles. The van der Waals surface area contributed by atoms with Crippen molar-refractivity contribution in [3.63, 3.8) is 0 Å². The zero-order valence-electron chi connectivity index (χ0n) is 33.9. The van der Waals surface area contributed by atoms with E-state index in [0.29, 0.717) is 34.4 Å². The smallest absolute Gasteiger partial charge is 0.409 e. The summed E-state index contributed by atoms with van der Waals surface area (Å²) in [7, 11) is 5.83. The number of nitrogen functional groups attached to an aromatic ring is 1. The average Bonchev–Trinajstić information content (AvgIpc) is 3.20. The Kier molecular flexibility index (Phi) is 13.7. The maximum Gasteiger partial charge on any atom is 0.409 e. The number of fused-ring (bicyclic) bond motifs is 5. The molecule has 2 aliphatic rings. The van der Waals surface area contributed by atoms with Crippen LogP contribution in [0.4, 0.5) is 16.2 Å². The number of likely N-dealkylation sites (N-methyl/N-ethyl adjacent to an activating group) is 1. The van der Waals surface area contributed by atoms with Crippen molar-refractivity contribution >= 4 is 57.8 Å². The number of amides is 3. The maximum atomic E-state index is 14.2. The largest absolute Gasteiger partial charge is 0.495 e. The lowest BCUT2D eigenvalue weighted by molar-refractivity contribution is -0.165. The Labute approximate surface area is 342 Å². The van der Waals surface area contributed by atoms with E-state index in [1.165, 1.54) is 57.3 Å². The lowest BCUT2D eigenvalue weighted by Crippen LogP contribution is -2.64. The van der Waals surface area contributed by atoms with Gasteiger partial charge in [-0.1, -0.05) is 49.2 Å². The highest BCUT2D eigenvalue weighted by Crippen LogP contribution is 2.38. The molecule has 5 rings (SSSR count). The van der Waals surface area contributed by atoms with Gasteiger partial charge in [0, 0.05) is 56.7 Å². The molecule has 1 aromatic heterocycles. The van der Waals surface area contributed by atoms with Gasteiger partial charge in [-0.25, -0.2) is 9.59 Å². The summed E-state index contributed by atoms with van der Waals surface area (Å²) in [5.41, 5.74) is 7.22. The predicted octanol–water partition coefficient (Wildman–Crippen LogP) is 4.80. The fraction of sp³-hybridized carbons (Fsp3) is 0.452. The van der Waals surface area contributed by atoms with Crippen molar-refractivity contribution < 1.29 is 48.3 Å². The standard InChI is InChI=1S/C42H52ClN5O10/c1-22-11-9-13-34(56-8)42(54)21-33(58-41(53)46-42)24(3)38(50)23(2)31(20-35(49)48(6)30-18-26(17-22)19-32(55-7)36(30)43)57-40(52)25(4)47(5)39(51)28-14-15-29(44)27-12-10-16-45-37(27)28/h9-16,18-19,23-25,31,33-34,38,50,54H,17,20-21,44H2,1-8H3,(H,46,53)/b13-9+,22-11+/t23-,24-,25+,31+,33+,34-,38-,42+/m1/s1. The number of methoxy groups -OCH3 is 2. The monoisotopic (exact) mass is 821 g/mol. The van der Waals surface area contributed by atoms with E-state index in [2.05, 4.69) is 10.3 Å². The summed E-state index contributed by atoms with van der Waals surface area (Å²) in [5, 5.41) is 26.9. The van der Waals surface area contributed by atoms with Crippen LogP contribution in [-0.2, 0) is 30.2 Å². The van der Waals surface area contributed by atoms with E-state index in [0.717, 1.165) is 11.1 Å². The number of allylic oxidation sites excluding steroid dienone is 3. The number of aliphatic hydroxyl groups excluding tert-OH is 1. The number of hydrogen-bond donors (Lipinski definition) is 4. The number of pyridine rings is 1. The van der Waals surface area contributed by atoms with Crippen LogP contribution >= 0.6 is 11.6 Å². The van der Waals surface area contributed by atoms with E-state index in [4.69, 9.17) is 36.3 Å². The van der Waals surface area contributed by atoms with Crippen molar-refractivity contribution in [3.05, 3.63) is 82.5 Å². The number of rotatable bonds is 6. The predicted molar refractivity (Wildman–Crippen MR) is 218 cm³/mol. The molecule has 0 saturated carbocycles. The van der Waals surface area contributed by atoms with Crippen LogP contribution in [0.1, 0.15) is 56.5 Å². The second-order valence-corrected chi connectivity index (χ2v) is 15.5. The number of carbonyl (C=O) groups is 4. The Balaban J connectivity index is 1.52. The van der Waals surface area contributed by atoms with Crippen molar-refractivity contribution in [2.24, 2.45) is 11.8 Å². The first-order valence-corrected chi connectivity index (χ1v) is 19.3. The van der Waals surface area contributed by atoms with Gasteiger partial charge in [0.2, 0.25) is 5.91 Å². The first-order valence-electron chi connectivity index (χ1n) is 18.9. The molecule has 0 spiro atoms. The average molecular weight is 822 g/mol.